The highest BCUT2D eigenvalue weighted by Crippen LogP contribution is 2.25. The standard InChI is InChI=1S/C20H31N2O2/c1-2-24-20(23)7-5-6-18-8-10-19(11-9-18)21-12-16-22(17-13-21)14-3-4-15-22/h8-11H,2-7,12-17H2,1H3/q+1. The van der Waals surface area contributed by atoms with Gasteiger partial charge in [-0.15, -0.1) is 0 Å². The second kappa shape index (κ2) is 8.02. The first-order valence-electron chi connectivity index (χ1n) is 9.55. The molecule has 3 rings (SSSR count). The van der Waals surface area contributed by atoms with Gasteiger partial charge in [0.05, 0.1) is 45.9 Å². The average Bonchev–Trinajstić information content (AvgIpc) is 3.05. The van der Waals surface area contributed by atoms with Crippen LogP contribution in [0.25, 0.3) is 0 Å². The van der Waals surface area contributed by atoms with Gasteiger partial charge >= 0.3 is 5.97 Å². The van der Waals surface area contributed by atoms with Crippen molar-refractivity contribution in [3.63, 3.8) is 0 Å². The third kappa shape index (κ3) is 4.29. The third-order valence-electron chi connectivity index (χ3n) is 5.66. The van der Waals surface area contributed by atoms with Crippen LogP contribution in [0, 0.1) is 0 Å². The molecule has 2 heterocycles. The van der Waals surface area contributed by atoms with E-state index in [-0.39, 0.29) is 5.97 Å². The molecule has 132 valence electrons. The fourth-order valence-electron chi connectivity index (χ4n) is 4.14. The molecule has 0 radical (unpaired) electrons. The zero-order valence-corrected chi connectivity index (χ0v) is 15.0. The summed E-state index contributed by atoms with van der Waals surface area (Å²) >= 11 is 0. The molecule has 24 heavy (non-hydrogen) atoms. The Labute approximate surface area is 146 Å². The number of anilines is 1. The average molecular weight is 331 g/mol. The van der Waals surface area contributed by atoms with Crippen molar-refractivity contribution in [2.75, 3.05) is 50.8 Å². The molecule has 4 nitrogen and oxygen atoms in total. The van der Waals surface area contributed by atoms with Crippen molar-refractivity contribution < 1.29 is 14.0 Å². The zero-order valence-electron chi connectivity index (χ0n) is 15.0. The summed E-state index contributed by atoms with van der Waals surface area (Å²) in [6.45, 7) is 10.1. The molecule has 1 aromatic rings. The number of quaternary nitrogens is 1. The maximum atomic E-state index is 11.4. The van der Waals surface area contributed by atoms with E-state index in [1.165, 1.54) is 67.8 Å². The molecule has 0 atom stereocenters. The third-order valence-corrected chi connectivity index (χ3v) is 5.66. The van der Waals surface area contributed by atoms with Gasteiger partial charge in [0.25, 0.3) is 0 Å². The van der Waals surface area contributed by atoms with E-state index >= 15 is 0 Å². The van der Waals surface area contributed by atoms with Crippen molar-refractivity contribution in [1.82, 2.24) is 0 Å². The minimum atomic E-state index is -0.0820. The normalized spacial score (nSPS) is 19.6. The number of nitrogens with zero attached hydrogens (tertiary/aromatic N) is 2. The number of aryl methyl sites for hydroxylation is 1. The van der Waals surface area contributed by atoms with Crippen molar-refractivity contribution in [2.45, 2.75) is 39.0 Å². The summed E-state index contributed by atoms with van der Waals surface area (Å²) < 4.78 is 6.33. The molecule has 2 saturated heterocycles. The van der Waals surface area contributed by atoms with Gasteiger partial charge in [-0.25, -0.2) is 0 Å². The number of benzene rings is 1. The molecular formula is C20H31N2O2+. The van der Waals surface area contributed by atoms with E-state index in [0.29, 0.717) is 13.0 Å². The van der Waals surface area contributed by atoms with E-state index in [2.05, 4.69) is 29.2 Å². The first kappa shape index (κ1) is 17.3. The summed E-state index contributed by atoms with van der Waals surface area (Å²) in [5.74, 6) is -0.0820. The van der Waals surface area contributed by atoms with Crippen LogP contribution in [0.3, 0.4) is 0 Å². The quantitative estimate of drug-likeness (QED) is 0.593. The molecule has 0 aliphatic carbocycles. The second-order valence-electron chi connectivity index (χ2n) is 7.26. The van der Waals surface area contributed by atoms with Gasteiger partial charge in [0.2, 0.25) is 0 Å². The largest absolute Gasteiger partial charge is 0.466 e. The lowest BCUT2D eigenvalue weighted by Crippen LogP contribution is -2.58. The molecule has 0 amide bonds. The first-order chi connectivity index (χ1) is 11.7. The Morgan fingerprint density at radius 2 is 1.75 bits per heavy atom. The molecule has 1 aromatic carbocycles. The van der Waals surface area contributed by atoms with Gasteiger partial charge in [-0.3, -0.25) is 4.79 Å². The van der Waals surface area contributed by atoms with Crippen molar-refractivity contribution in [2.24, 2.45) is 0 Å². The van der Waals surface area contributed by atoms with Gasteiger partial charge in [-0.2, -0.15) is 0 Å². The molecular weight excluding hydrogens is 300 g/mol. The Morgan fingerprint density at radius 3 is 2.38 bits per heavy atom. The summed E-state index contributed by atoms with van der Waals surface area (Å²) in [4.78, 5) is 13.9. The van der Waals surface area contributed by atoms with Crippen LogP contribution < -0.4 is 4.90 Å². The van der Waals surface area contributed by atoms with Crippen LogP contribution in [0.2, 0.25) is 0 Å². The van der Waals surface area contributed by atoms with Gasteiger partial charge in [-0.05, 0) is 37.5 Å². The summed E-state index contributed by atoms with van der Waals surface area (Å²) in [5, 5.41) is 0. The summed E-state index contributed by atoms with van der Waals surface area (Å²) in [5.41, 5.74) is 2.66. The number of rotatable bonds is 6. The van der Waals surface area contributed by atoms with Gasteiger partial charge < -0.3 is 14.1 Å². The summed E-state index contributed by atoms with van der Waals surface area (Å²) in [7, 11) is 0. The van der Waals surface area contributed by atoms with E-state index in [1.54, 1.807) is 0 Å². The van der Waals surface area contributed by atoms with Gasteiger partial charge in [0, 0.05) is 24.9 Å². The molecule has 0 bridgehead atoms. The first-order valence-corrected chi connectivity index (χ1v) is 9.55. The highest BCUT2D eigenvalue weighted by atomic mass is 16.5. The number of piperazine rings is 1. The van der Waals surface area contributed by atoms with E-state index in [9.17, 15) is 4.79 Å². The van der Waals surface area contributed by atoms with Crippen LogP contribution in [-0.2, 0) is 16.0 Å². The number of hydrogen-bond acceptors (Lipinski definition) is 3. The monoisotopic (exact) mass is 331 g/mol. The topological polar surface area (TPSA) is 29.5 Å². The molecule has 0 N–H and O–H groups in total. The highest BCUT2D eigenvalue weighted by molar-refractivity contribution is 5.69. The molecule has 2 aliphatic heterocycles. The molecule has 4 heteroatoms. The van der Waals surface area contributed by atoms with E-state index in [4.69, 9.17) is 4.74 Å². The Morgan fingerprint density at radius 1 is 1.08 bits per heavy atom. The van der Waals surface area contributed by atoms with Crippen molar-refractivity contribution in [3.8, 4) is 0 Å². The predicted octanol–water partition coefficient (Wildman–Crippen LogP) is 3.00. The van der Waals surface area contributed by atoms with Crippen LogP contribution in [0.15, 0.2) is 24.3 Å². The number of ether oxygens (including phenoxy) is 1. The van der Waals surface area contributed by atoms with Crippen molar-refractivity contribution in [1.29, 1.82) is 0 Å². The van der Waals surface area contributed by atoms with Crippen molar-refractivity contribution in [3.05, 3.63) is 29.8 Å². The number of esters is 1. The number of hydrogen-bond donors (Lipinski definition) is 0. The lowest BCUT2D eigenvalue weighted by atomic mass is 10.1. The fourth-order valence-corrected chi connectivity index (χ4v) is 4.14. The fraction of sp³-hybridized carbons (Fsp3) is 0.650. The second-order valence-corrected chi connectivity index (χ2v) is 7.26. The van der Waals surface area contributed by atoms with E-state index < -0.39 is 0 Å². The molecule has 0 saturated carbocycles. The Balaban J connectivity index is 1.45. The maximum absolute atomic E-state index is 11.4. The molecule has 1 spiro atoms. The predicted molar refractivity (Wildman–Crippen MR) is 97.2 cm³/mol. The molecule has 2 aliphatic rings. The van der Waals surface area contributed by atoms with Crippen LogP contribution in [0.5, 0.6) is 0 Å². The molecule has 0 aromatic heterocycles. The van der Waals surface area contributed by atoms with Crippen LogP contribution in [0.4, 0.5) is 5.69 Å². The zero-order chi connectivity index (χ0) is 16.8. The van der Waals surface area contributed by atoms with Crippen LogP contribution >= 0.6 is 0 Å². The SMILES string of the molecule is CCOC(=O)CCCc1ccc(N2CC[N+]3(CCCC3)CC2)cc1. The minimum Gasteiger partial charge on any atom is -0.466 e. The Hall–Kier alpha value is -1.55. The lowest BCUT2D eigenvalue weighted by Gasteiger charge is -2.42. The highest BCUT2D eigenvalue weighted by Gasteiger charge is 2.35. The van der Waals surface area contributed by atoms with E-state index in [0.717, 1.165) is 12.8 Å². The smallest absolute Gasteiger partial charge is 0.305 e. The van der Waals surface area contributed by atoms with Gasteiger partial charge in [0.1, 0.15) is 0 Å². The summed E-state index contributed by atoms with van der Waals surface area (Å²) in [6, 6.07) is 8.93. The van der Waals surface area contributed by atoms with Crippen LogP contribution in [0.1, 0.15) is 38.2 Å². The Kier molecular flexibility index (Phi) is 5.77. The van der Waals surface area contributed by atoms with Gasteiger partial charge in [-0.1, -0.05) is 12.1 Å². The van der Waals surface area contributed by atoms with Crippen LogP contribution in [-0.4, -0.2) is 56.3 Å². The number of carbonyl (C=O) groups excluding carboxylic acids is 1. The lowest BCUT2D eigenvalue weighted by molar-refractivity contribution is -0.917. The molecule has 0 unspecified atom stereocenters. The van der Waals surface area contributed by atoms with Gasteiger partial charge in [0.15, 0.2) is 0 Å². The minimum absolute atomic E-state index is 0.0820. The summed E-state index contributed by atoms with van der Waals surface area (Å²) in [6.07, 6.45) is 5.16. The van der Waals surface area contributed by atoms with Crippen molar-refractivity contribution >= 4 is 11.7 Å². The maximum Gasteiger partial charge on any atom is 0.305 e. The Bertz CT molecular complexity index is 525. The molecule has 2 fully saturated rings. The van der Waals surface area contributed by atoms with E-state index in [1.807, 2.05) is 6.92 Å². The number of carbonyl (C=O) groups is 1.